The number of amidine groups is 1. The minimum absolute atomic E-state index is 0.167. The summed E-state index contributed by atoms with van der Waals surface area (Å²) in [5, 5.41) is 3.40. The highest BCUT2D eigenvalue weighted by atomic mass is 79.9. The smallest absolute Gasteiger partial charge is 0.264 e. The van der Waals surface area contributed by atoms with E-state index in [9.17, 15) is 4.79 Å². The first-order chi connectivity index (χ1) is 14.6. The molecule has 0 atom stereocenters. The Morgan fingerprint density at radius 3 is 2.57 bits per heavy atom. The van der Waals surface area contributed by atoms with Crippen molar-refractivity contribution in [3.8, 4) is 11.3 Å². The van der Waals surface area contributed by atoms with Crippen molar-refractivity contribution in [2.24, 2.45) is 4.99 Å². The predicted molar refractivity (Wildman–Crippen MR) is 128 cm³/mol. The molecule has 0 bridgehead atoms. The number of nitrogens with zero attached hydrogens (tertiary/aromatic N) is 1. The lowest BCUT2D eigenvalue weighted by Crippen LogP contribution is -2.19. The average Bonchev–Trinajstić information content (AvgIpc) is 3.35. The van der Waals surface area contributed by atoms with Gasteiger partial charge >= 0.3 is 0 Å². The Morgan fingerprint density at radius 1 is 1.07 bits per heavy atom. The van der Waals surface area contributed by atoms with Gasteiger partial charge in [0.1, 0.15) is 11.5 Å². The molecule has 1 aliphatic rings. The number of aryl methyl sites for hydroxylation is 1. The van der Waals surface area contributed by atoms with Crippen LogP contribution in [0.3, 0.4) is 0 Å². The van der Waals surface area contributed by atoms with E-state index in [4.69, 9.17) is 4.42 Å². The van der Waals surface area contributed by atoms with E-state index in [1.54, 1.807) is 6.08 Å². The van der Waals surface area contributed by atoms with E-state index in [0.717, 1.165) is 27.9 Å². The molecule has 1 saturated heterocycles. The average molecular weight is 481 g/mol. The number of aliphatic imine (C=N–C) groups is 1. The largest absolute Gasteiger partial charge is 0.457 e. The summed E-state index contributed by atoms with van der Waals surface area (Å²) >= 11 is 4.75. The van der Waals surface area contributed by atoms with Crippen molar-refractivity contribution in [2.75, 3.05) is 0 Å². The van der Waals surface area contributed by atoms with E-state index in [2.05, 4.69) is 45.3 Å². The molecule has 0 radical (unpaired) electrons. The number of hydrogen-bond acceptors (Lipinski definition) is 4. The van der Waals surface area contributed by atoms with Gasteiger partial charge in [0.2, 0.25) is 0 Å². The van der Waals surface area contributed by atoms with Crippen molar-refractivity contribution in [2.45, 2.75) is 26.2 Å². The molecule has 152 valence electrons. The SMILES string of the molecule is CCCCc1ccc(N=C2NC(=O)C(=Cc3ccc(-c4ccc(Br)cc4)o3)S2)cc1. The van der Waals surface area contributed by atoms with E-state index in [1.165, 1.54) is 30.2 Å². The van der Waals surface area contributed by atoms with Crippen LogP contribution < -0.4 is 5.32 Å². The first-order valence-electron chi connectivity index (χ1n) is 9.85. The topological polar surface area (TPSA) is 54.6 Å². The number of halogens is 1. The predicted octanol–water partition coefficient (Wildman–Crippen LogP) is 6.94. The van der Waals surface area contributed by atoms with Crippen LogP contribution >= 0.6 is 27.7 Å². The normalized spacial score (nSPS) is 16.4. The zero-order valence-electron chi connectivity index (χ0n) is 16.5. The maximum atomic E-state index is 12.3. The maximum Gasteiger partial charge on any atom is 0.264 e. The maximum absolute atomic E-state index is 12.3. The summed E-state index contributed by atoms with van der Waals surface area (Å²) in [6, 6.07) is 19.8. The summed E-state index contributed by atoms with van der Waals surface area (Å²) in [4.78, 5) is 17.5. The number of thioether (sulfide) groups is 1. The molecule has 1 fully saturated rings. The molecule has 6 heteroatoms. The summed E-state index contributed by atoms with van der Waals surface area (Å²) in [5.74, 6) is 1.22. The number of furan rings is 1. The molecule has 1 aliphatic heterocycles. The molecule has 0 spiro atoms. The monoisotopic (exact) mass is 480 g/mol. The van der Waals surface area contributed by atoms with Crippen LogP contribution in [-0.4, -0.2) is 11.1 Å². The number of amides is 1. The van der Waals surface area contributed by atoms with E-state index in [1.807, 2.05) is 48.5 Å². The van der Waals surface area contributed by atoms with Crippen molar-refractivity contribution in [1.29, 1.82) is 0 Å². The van der Waals surface area contributed by atoms with Crippen molar-refractivity contribution in [3.63, 3.8) is 0 Å². The van der Waals surface area contributed by atoms with Gasteiger partial charge in [-0.25, -0.2) is 4.99 Å². The number of unbranched alkanes of at least 4 members (excludes halogenated alkanes) is 1. The Hall–Kier alpha value is -2.57. The molecule has 3 aromatic rings. The molecule has 30 heavy (non-hydrogen) atoms. The van der Waals surface area contributed by atoms with Crippen molar-refractivity contribution < 1.29 is 9.21 Å². The summed E-state index contributed by atoms with van der Waals surface area (Å²) in [6.45, 7) is 2.19. The number of carbonyl (C=O) groups is 1. The molecule has 1 N–H and O–H groups in total. The van der Waals surface area contributed by atoms with Gasteiger partial charge in [0.15, 0.2) is 5.17 Å². The quantitative estimate of drug-likeness (QED) is 0.388. The molecule has 0 saturated carbocycles. The minimum Gasteiger partial charge on any atom is -0.457 e. The molecule has 2 heterocycles. The van der Waals surface area contributed by atoms with Gasteiger partial charge < -0.3 is 9.73 Å². The first kappa shape index (κ1) is 20.7. The molecule has 0 unspecified atom stereocenters. The number of hydrogen-bond donors (Lipinski definition) is 1. The highest BCUT2D eigenvalue weighted by Gasteiger charge is 2.24. The van der Waals surface area contributed by atoms with Crippen molar-refractivity contribution in [3.05, 3.63) is 81.4 Å². The van der Waals surface area contributed by atoms with Gasteiger partial charge in [-0.05, 0) is 66.6 Å². The zero-order chi connectivity index (χ0) is 20.9. The third-order valence-electron chi connectivity index (χ3n) is 4.67. The minimum atomic E-state index is -0.167. The van der Waals surface area contributed by atoms with Gasteiger partial charge in [-0.3, -0.25) is 4.79 Å². The lowest BCUT2D eigenvalue weighted by atomic mass is 10.1. The van der Waals surface area contributed by atoms with Crippen LogP contribution in [0.2, 0.25) is 0 Å². The van der Waals surface area contributed by atoms with Gasteiger partial charge in [-0.2, -0.15) is 0 Å². The van der Waals surface area contributed by atoms with Crippen LogP contribution in [0, 0.1) is 0 Å². The standard InChI is InChI=1S/C24H21BrN2O2S/c1-2-3-4-16-5-11-19(12-6-16)26-24-27-23(28)22(30-24)15-20-13-14-21(29-20)17-7-9-18(25)10-8-17/h5-15H,2-4H2,1H3,(H,26,27,28). The lowest BCUT2D eigenvalue weighted by Gasteiger charge is -2.01. The Bertz CT molecular complexity index is 1100. The first-order valence-corrected chi connectivity index (χ1v) is 11.5. The van der Waals surface area contributed by atoms with Gasteiger partial charge in [-0.1, -0.05) is 53.5 Å². The van der Waals surface area contributed by atoms with Gasteiger partial charge in [0.05, 0.1) is 10.6 Å². The number of nitrogens with one attached hydrogen (secondary N) is 1. The van der Waals surface area contributed by atoms with Crippen LogP contribution in [0.5, 0.6) is 0 Å². The number of benzene rings is 2. The summed E-state index contributed by atoms with van der Waals surface area (Å²) in [5.41, 5.74) is 3.12. The summed E-state index contributed by atoms with van der Waals surface area (Å²) < 4.78 is 6.91. The molecule has 1 aromatic heterocycles. The second-order valence-electron chi connectivity index (χ2n) is 6.96. The fourth-order valence-electron chi connectivity index (χ4n) is 3.04. The highest BCUT2D eigenvalue weighted by molar-refractivity contribution is 9.10. The molecule has 4 rings (SSSR count). The fraction of sp³-hybridized carbons (Fsp3) is 0.167. The molecule has 2 aromatic carbocycles. The van der Waals surface area contributed by atoms with E-state index < -0.39 is 0 Å². The Kier molecular flexibility index (Phi) is 6.55. The summed E-state index contributed by atoms with van der Waals surface area (Å²) in [6.07, 6.45) is 5.20. The second kappa shape index (κ2) is 9.49. The van der Waals surface area contributed by atoms with Crippen LogP contribution in [0.15, 0.2) is 79.5 Å². The van der Waals surface area contributed by atoms with Gasteiger partial charge in [0.25, 0.3) is 5.91 Å². The van der Waals surface area contributed by atoms with Crippen molar-refractivity contribution in [1.82, 2.24) is 5.32 Å². The Labute approximate surface area is 188 Å². The number of rotatable bonds is 6. The van der Waals surface area contributed by atoms with Crippen LogP contribution in [0.1, 0.15) is 31.1 Å². The van der Waals surface area contributed by atoms with Crippen LogP contribution in [0.4, 0.5) is 5.69 Å². The van der Waals surface area contributed by atoms with Crippen LogP contribution in [-0.2, 0) is 11.2 Å². The third-order valence-corrected chi connectivity index (χ3v) is 6.10. The molecular weight excluding hydrogens is 460 g/mol. The molecule has 0 aliphatic carbocycles. The number of carbonyl (C=O) groups excluding carboxylic acids is 1. The second-order valence-corrected chi connectivity index (χ2v) is 8.91. The highest BCUT2D eigenvalue weighted by Crippen LogP contribution is 2.30. The molecular formula is C24H21BrN2O2S. The van der Waals surface area contributed by atoms with Gasteiger partial charge in [0, 0.05) is 16.1 Å². The third kappa shape index (κ3) is 5.12. The van der Waals surface area contributed by atoms with Crippen LogP contribution in [0.25, 0.3) is 17.4 Å². The van der Waals surface area contributed by atoms with E-state index >= 15 is 0 Å². The Balaban J connectivity index is 1.46. The molecule has 1 amide bonds. The molecule has 4 nitrogen and oxygen atoms in total. The van der Waals surface area contributed by atoms with Crippen molar-refractivity contribution >= 4 is 50.5 Å². The Morgan fingerprint density at radius 2 is 1.83 bits per heavy atom. The zero-order valence-corrected chi connectivity index (χ0v) is 18.9. The van der Waals surface area contributed by atoms with E-state index in [0.29, 0.717) is 15.8 Å². The lowest BCUT2D eigenvalue weighted by molar-refractivity contribution is -0.115. The van der Waals surface area contributed by atoms with E-state index in [-0.39, 0.29) is 5.91 Å². The summed E-state index contributed by atoms with van der Waals surface area (Å²) in [7, 11) is 0. The fourth-order valence-corrected chi connectivity index (χ4v) is 4.13. The van der Waals surface area contributed by atoms with Gasteiger partial charge in [-0.15, -0.1) is 0 Å².